The van der Waals surface area contributed by atoms with Crippen molar-refractivity contribution >= 4 is 6.29 Å². The summed E-state index contributed by atoms with van der Waals surface area (Å²) < 4.78 is 0. The minimum absolute atomic E-state index is 0.0500. The van der Waals surface area contributed by atoms with E-state index in [0.717, 1.165) is 0 Å². The van der Waals surface area contributed by atoms with E-state index in [9.17, 15) is 4.79 Å². The van der Waals surface area contributed by atoms with E-state index in [1.165, 1.54) is 18.3 Å². The molecule has 1 N–H and O–H groups in total. The third-order valence-corrected chi connectivity index (χ3v) is 0.852. The lowest BCUT2D eigenvalue weighted by Gasteiger charge is -1.87. The van der Waals surface area contributed by atoms with Crippen LogP contribution in [0.2, 0.25) is 0 Å². The van der Waals surface area contributed by atoms with Crippen molar-refractivity contribution in [1.82, 2.24) is 4.98 Å². The van der Waals surface area contributed by atoms with Crippen molar-refractivity contribution in [2.75, 3.05) is 0 Å². The highest BCUT2D eigenvalue weighted by molar-refractivity contribution is 5.72. The molecule has 1 aromatic heterocycles. The lowest BCUT2D eigenvalue weighted by atomic mass is 10.4. The SMILES string of the molecule is O=[C]c1ccc(O)cn1. The van der Waals surface area contributed by atoms with Gasteiger partial charge in [0, 0.05) is 0 Å². The first-order chi connectivity index (χ1) is 4.33. The highest BCUT2D eigenvalue weighted by atomic mass is 16.3. The van der Waals surface area contributed by atoms with Crippen LogP contribution in [0.15, 0.2) is 18.3 Å². The molecule has 0 aliphatic carbocycles. The largest absolute Gasteiger partial charge is 0.506 e. The smallest absolute Gasteiger partial charge is 0.253 e. The van der Waals surface area contributed by atoms with E-state index in [2.05, 4.69) is 4.98 Å². The van der Waals surface area contributed by atoms with E-state index in [4.69, 9.17) is 5.11 Å². The summed E-state index contributed by atoms with van der Waals surface area (Å²) in [6.45, 7) is 0. The predicted molar refractivity (Wildman–Crippen MR) is 30.7 cm³/mol. The van der Waals surface area contributed by atoms with Crippen LogP contribution in [0.5, 0.6) is 5.75 Å². The molecule has 0 spiro atoms. The molecule has 0 aliphatic rings. The molecule has 0 bridgehead atoms. The molecule has 0 saturated carbocycles. The van der Waals surface area contributed by atoms with Gasteiger partial charge >= 0.3 is 0 Å². The fraction of sp³-hybridized carbons (Fsp3) is 0. The van der Waals surface area contributed by atoms with Gasteiger partial charge in [0.2, 0.25) is 0 Å². The van der Waals surface area contributed by atoms with Crippen LogP contribution in [0.3, 0.4) is 0 Å². The zero-order valence-electron chi connectivity index (χ0n) is 4.53. The van der Waals surface area contributed by atoms with Crippen LogP contribution in [0, 0.1) is 0 Å². The van der Waals surface area contributed by atoms with Gasteiger partial charge in [-0.15, -0.1) is 0 Å². The average molecular weight is 122 g/mol. The summed E-state index contributed by atoms with van der Waals surface area (Å²) >= 11 is 0. The minimum atomic E-state index is 0.0500. The van der Waals surface area contributed by atoms with Crippen molar-refractivity contribution in [3.8, 4) is 5.75 Å². The molecule has 0 aromatic carbocycles. The maximum absolute atomic E-state index is 9.85. The van der Waals surface area contributed by atoms with Crippen molar-refractivity contribution in [2.24, 2.45) is 0 Å². The van der Waals surface area contributed by atoms with E-state index in [1.807, 2.05) is 0 Å². The molecule has 1 heterocycles. The van der Waals surface area contributed by atoms with Crippen molar-refractivity contribution in [1.29, 1.82) is 0 Å². The monoisotopic (exact) mass is 122 g/mol. The summed E-state index contributed by atoms with van der Waals surface area (Å²) in [5, 5.41) is 8.66. The Kier molecular flexibility index (Phi) is 1.44. The van der Waals surface area contributed by atoms with Gasteiger partial charge in [-0.05, 0) is 12.1 Å². The van der Waals surface area contributed by atoms with Crippen molar-refractivity contribution in [3.63, 3.8) is 0 Å². The Morgan fingerprint density at radius 3 is 2.78 bits per heavy atom. The van der Waals surface area contributed by atoms with E-state index >= 15 is 0 Å². The van der Waals surface area contributed by atoms with E-state index < -0.39 is 0 Å². The number of hydrogen-bond donors (Lipinski definition) is 1. The van der Waals surface area contributed by atoms with Gasteiger partial charge in [0.15, 0.2) is 0 Å². The van der Waals surface area contributed by atoms with E-state index in [1.54, 1.807) is 6.29 Å². The van der Waals surface area contributed by atoms with Crippen molar-refractivity contribution < 1.29 is 9.90 Å². The second-order valence-electron chi connectivity index (χ2n) is 1.50. The summed E-state index contributed by atoms with van der Waals surface area (Å²) in [6, 6.07) is 2.77. The molecule has 0 atom stereocenters. The van der Waals surface area contributed by atoms with Crippen LogP contribution < -0.4 is 0 Å². The third-order valence-electron chi connectivity index (χ3n) is 0.852. The molecule has 0 unspecified atom stereocenters. The van der Waals surface area contributed by atoms with E-state index in [0.29, 0.717) is 0 Å². The maximum Gasteiger partial charge on any atom is 0.253 e. The number of pyridine rings is 1. The first-order valence-electron chi connectivity index (χ1n) is 2.36. The number of rotatable bonds is 1. The van der Waals surface area contributed by atoms with Crippen LogP contribution >= 0.6 is 0 Å². The number of aromatic nitrogens is 1. The Bertz CT molecular complexity index is 205. The average Bonchev–Trinajstić information content (AvgIpc) is 1.90. The molecule has 1 radical (unpaired) electrons. The second kappa shape index (κ2) is 2.26. The molecule has 0 fully saturated rings. The Morgan fingerprint density at radius 1 is 1.56 bits per heavy atom. The molecule has 1 rings (SSSR count). The first kappa shape index (κ1) is 5.75. The predicted octanol–water partition coefficient (Wildman–Crippen LogP) is 0.245. The van der Waals surface area contributed by atoms with Gasteiger partial charge < -0.3 is 5.11 Å². The van der Waals surface area contributed by atoms with Gasteiger partial charge in [0.1, 0.15) is 11.4 Å². The minimum Gasteiger partial charge on any atom is -0.506 e. The van der Waals surface area contributed by atoms with Crippen molar-refractivity contribution in [2.45, 2.75) is 0 Å². The molecular weight excluding hydrogens is 118 g/mol. The Labute approximate surface area is 52.0 Å². The molecule has 3 heteroatoms. The van der Waals surface area contributed by atoms with Crippen LogP contribution in [0.4, 0.5) is 0 Å². The summed E-state index contributed by atoms with van der Waals surface area (Å²) in [6.07, 6.45) is 2.78. The summed E-state index contributed by atoms with van der Waals surface area (Å²) in [5.74, 6) is 0.0500. The first-order valence-corrected chi connectivity index (χ1v) is 2.36. The number of nitrogens with zero attached hydrogens (tertiary/aromatic N) is 1. The Balaban J connectivity index is 3.01. The number of carbonyl (C=O) groups excluding carboxylic acids is 1. The lowest BCUT2D eigenvalue weighted by molar-refractivity contribution is 0.472. The fourth-order valence-electron chi connectivity index (χ4n) is 0.446. The second-order valence-corrected chi connectivity index (χ2v) is 1.50. The highest BCUT2D eigenvalue weighted by Crippen LogP contribution is 2.03. The molecule has 3 nitrogen and oxygen atoms in total. The summed E-state index contributed by atoms with van der Waals surface area (Å²) in [4.78, 5) is 13.4. The zero-order chi connectivity index (χ0) is 6.69. The highest BCUT2D eigenvalue weighted by Gasteiger charge is 1.89. The van der Waals surface area contributed by atoms with Gasteiger partial charge in [0.25, 0.3) is 6.29 Å². The Morgan fingerprint density at radius 2 is 2.33 bits per heavy atom. The molecular formula is C6H4NO2. The van der Waals surface area contributed by atoms with Crippen LogP contribution in [-0.2, 0) is 4.79 Å². The normalized spacial score (nSPS) is 8.89. The van der Waals surface area contributed by atoms with Gasteiger partial charge in [-0.1, -0.05) is 0 Å². The molecule has 45 valence electrons. The van der Waals surface area contributed by atoms with E-state index in [-0.39, 0.29) is 11.4 Å². The topological polar surface area (TPSA) is 50.2 Å². The van der Waals surface area contributed by atoms with Gasteiger partial charge in [-0.3, -0.25) is 4.79 Å². The zero-order valence-corrected chi connectivity index (χ0v) is 4.53. The maximum atomic E-state index is 9.85. The summed E-state index contributed by atoms with van der Waals surface area (Å²) in [7, 11) is 0. The molecule has 0 amide bonds. The molecule has 9 heavy (non-hydrogen) atoms. The molecule has 0 saturated heterocycles. The third kappa shape index (κ3) is 1.25. The van der Waals surface area contributed by atoms with Gasteiger partial charge in [0.05, 0.1) is 6.20 Å². The Hall–Kier alpha value is -1.38. The molecule has 0 aliphatic heterocycles. The quantitative estimate of drug-likeness (QED) is 0.580. The summed E-state index contributed by atoms with van der Waals surface area (Å²) in [5.41, 5.74) is 0.202. The number of hydrogen-bond acceptors (Lipinski definition) is 3. The van der Waals surface area contributed by atoms with Crippen LogP contribution in [0.1, 0.15) is 5.69 Å². The van der Waals surface area contributed by atoms with Gasteiger partial charge in [-0.25, -0.2) is 4.98 Å². The van der Waals surface area contributed by atoms with Crippen molar-refractivity contribution in [3.05, 3.63) is 24.0 Å². The standard InChI is InChI=1S/C6H4NO2/c8-4-5-1-2-6(9)3-7-5/h1-3,9H. The van der Waals surface area contributed by atoms with Crippen LogP contribution in [-0.4, -0.2) is 16.4 Å². The van der Waals surface area contributed by atoms with Gasteiger partial charge in [-0.2, -0.15) is 0 Å². The molecule has 1 aromatic rings. The fourth-order valence-corrected chi connectivity index (χ4v) is 0.446. The lowest BCUT2D eigenvalue weighted by Crippen LogP contribution is -1.82. The number of aromatic hydroxyl groups is 1. The van der Waals surface area contributed by atoms with Crippen LogP contribution in [0.25, 0.3) is 0 Å².